The molecule has 0 saturated heterocycles. The van der Waals surface area contributed by atoms with E-state index in [9.17, 15) is 26.3 Å². The third kappa shape index (κ3) is 7.07. The van der Waals surface area contributed by atoms with Crippen molar-refractivity contribution in [3.8, 4) is 45.2 Å². The molecule has 2 aromatic carbocycles. The van der Waals surface area contributed by atoms with Gasteiger partial charge in [-0.05, 0) is 48.6 Å². The number of aromatic amines is 2. The van der Waals surface area contributed by atoms with Crippen molar-refractivity contribution in [1.29, 1.82) is 0 Å². The van der Waals surface area contributed by atoms with Gasteiger partial charge in [0, 0.05) is 22.2 Å². The summed E-state index contributed by atoms with van der Waals surface area (Å²) in [5.41, 5.74) is 2.54. The molecule has 2 N–H and O–H groups in total. The highest BCUT2D eigenvalue weighted by atomic mass is 28.3. The van der Waals surface area contributed by atoms with Crippen molar-refractivity contribution in [2.75, 3.05) is 0 Å². The van der Waals surface area contributed by atoms with E-state index in [1.807, 2.05) is 39.3 Å². The molecule has 5 aromatic rings. The van der Waals surface area contributed by atoms with Crippen LogP contribution in [0.15, 0.2) is 24.3 Å². The number of fused-ring (bicyclic) bond motifs is 8. The predicted molar refractivity (Wildman–Crippen MR) is 210 cm³/mol. The molecule has 0 amide bonds. The van der Waals surface area contributed by atoms with Crippen LogP contribution in [0, 0.1) is 81.1 Å². The van der Waals surface area contributed by atoms with Gasteiger partial charge >= 0.3 is 0 Å². The zero-order valence-corrected chi connectivity index (χ0v) is 33.3. The number of hydrogen-bond donors (Lipinski definition) is 2. The molecule has 3 aromatic heterocycles. The fourth-order valence-corrected chi connectivity index (χ4v) is 7.14. The maximum absolute atomic E-state index is 15.7. The van der Waals surface area contributed by atoms with Gasteiger partial charge < -0.3 is 9.97 Å². The Bertz CT molecular complexity index is 2770. The molecule has 2 aliphatic rings. The summed E-state index contributed by atoms with van der Waals surface area (Å²) in [7, 11) is -4.39. The molecule has 294 valence electrons. The first-order valence-electron chi connectivity index (χ1n) is 17.4. The lowest BCUT2D eigenvalue weighted by atomic mass is 10.0. The summed E-state index contributed by atoms with van der Waals surface area (Å²) < 4.78 is 151. The van der Waals surface area contributed by atoms with Gasteiger partial charge in [0.05, 0.1) is 56.1 Å². The number of hydrogen-bond acceptors (Lipinski definition) is 2. The van der Waals surface area contributed by atoms with Crippen LogP contribution < -0.4 is 0 Å². The average molecular weight is 835 g/mol. The van der Waals surface area contributed by atoms with E-state index >= 15 is 17.6 Å². The van der Waals surface area contributed by atoms with Crippen LogP contribution in [0.1, 0.15) is 33.9 Å². The zero-order valence-electron chi connectivity index (χ0n) is 31.3. The van der Waals surface area contributed by atoms with Gasteiger partial charge in [0.2, 0.25) is 11.6 Å². The van der Waals surface area contributed by atoms with E-state index in [-0.39, 0.29) is 56.0 Å². The number of nitrogens with one attached hydrogen (secondary N) is 2. The monoisotopic (exact) mass is 834 g/mol. The minimum Gasteiger partial charge on any atom is -0.354 e. The fraction of sp³-hybridized carbons (Fsp3) is 0.143. The highest BCUT2D eigenvalue weighted by Gasteiger charge is 2.31. The molecule has 0 radical (unpaired) electrons. The standard InChI is InChI=1S/C42H28F10N4Si2/c1-57(2,3)17-15-19-21-7-11-25(53-21)29(31-33(43)37(47)41(51)38(48)34(31)44)27-13-9-23(55-27)20(16-18-58(4,5)6)24-10-14-28(56-24)30(26-12-8-22(19)54-26)32-35(45)39(49)42(52)40(50)36(32)46/h7-14,53-54H,1-6H3. The first-order chi connectivity index (χ1) is 27.2. The minimum absolute atomic E-state index is 0.0128. The van der Waals surface area contributed by atoms with Gasteiger partial charge in [-0.3, -0.25) is 0 Å². The summed E-state index contributed by atoms with van der Waals surface area (Å²) in [5.74, 6) is -15.8. The first-order valence-corrected chi connectivity index (χ1v) is 24.4. The summed E-state index contributed by atoms with van der Waals surface area (Å²) in [5, 5.41) is 0. The summed E-state index contributed by atoms with van der Waals surface area (Å²) in [6, 6.07) is 5.49. The van der Waals surface area contributed by atoms with E-state index in [1.165, 1.54) is 48.6 Å². The van der Waals surface area contributed by atoms with E-state index in [2.05, 4.69) is 42.9 Å². The van der Waals surface area contributed by atoms with Crippen molar-refractivity contribution >= 4 is 62.5 Å². The second-order valence-corrected chi connectivity index (χ2v) is 24.9. The Balaban J connectivity index is 1.76. The van der Waals surface area contributed by atoms with Crippen LogP contribution in [0.4, 0.5) is 43.9 Å². The zero-order chi connectivity index (χ0) is 42.2. The molecule has 0 atom stereocenters. The second kappa shape index (κ2) is 14.4. The molecule has 0 aliphatic carbocycles. The topological polar surface area (TPSA) is 57.4 Å². The van der Waals surface area contributed by atoms with Crippen LogP contribution in [0.2, 0.25) is 39.3 Å². The van der Waals surface area contributed by atoms with Crippen molar-refractivity contribution in [2.24, 2.45) is 0 Å². The molecular weight excluding hydrogens is 807 g/mol. The van der Waals surface area contributed by atoms with Crippen LogP contribution in [-0.4, -0.2) is 36.1 Å². The molecule has 5 heterocycles. The molecule has 0 saturated carbocycles. The van der Waals surface area contributed by atoms with Gasteiger partial charge in [0.15, 0.2) is 46.5 Å². The van der Waals surface area contributed by atoms with Gasteiger partial charge in [0.25, 0.3) is 0 Å². The largest absolute Gasteiger partial charge is 0.354 e. The fourth-order valence-electron chi connectivity index (χ4n) is 6.14. The van der Waals surface area contributed by atoms with E-state index in [1.54, 1.807) is 0 Å². The summed E-state index contributed by atoms with van der Waals surface area (Å²) in [6.45, 7) is 11.5. The molecule has 0 fully saturated rings. The van der Waals surface area contributed by atoms with Crippen LogP contribution in [0.3, 0.4) is 0 Å². The van der Waals surface area contributed by atoms with Gasteiger partial charge in [-0.1, -0.05) is 51.1 Å². The Morgan fingerprint density at radius 2 is 0.672 bits per heavy atom. The molecule has 0 spiro atoms. The molecular formula is C42H28F10N4Si2. The minimum atomic E-state index is -2.35. The van der Waals surface area contributed by atoms with E-state index in [0.717, 1.165) is 0 Å². The SMILES string of the molecule is C[Si](C)(C)C#Cc1c2nc(c(-c3c(F)c(F)c(F)c(F)c3F)c3ccc([nH]3)c(C#C[Si](C)(C)C)c3ccc([nH]3)c(-c3c(F)c(F)c(F)c(F)c3F)c3nc1C=C3)C=C2. The van der Waals surface area contributed by atoms with Crippen LogP contribution >= 0.6 is 0 Å². The molecule has 2 aliphatic heterocycles. The van der Waals surface area contributed by atoms with Crippen LogP contribution in [-0.2, 0) is 0 Å². The molecule has 16 heteroatoms. The smallest absolute Gasteiger partial charge is 0.200 e. The number of aromatic nitrogens is 4. The second-order valence-electron chi connectivity index (χ2n) is 15.4. The first kappa shape index (κ1) is 40.1. The number of benzene rings is 2. The van der Waals surface area contributed by atoms with E-state index in [4.69, 9.17) is 0 Å². The van der Waals surface area contributed by atoms with Crippen LogP contribution in [0.5, 0.6) is 0 Å². The maximum Gasteiger partial charge on any atom is 0.200 e. The van der Waals surface area contributed by atoms with Crippen molar-refractivity contribution in [3.05, 3.63) is 116 Å². The molecule has 0 unspecified atom stereocenters. The Labute approximate surface area is 326 Å². The predicted octanol–water partition coefficient (Wildman–Crippen LogP) is 11.8. The Hall–Kier alpha value is -6.11. The van der Waals surface area contributed by atoms with Gasteiger partial charge in [-0.2, -0.15) is 0 Å². The Kier molecular flexibility index (Phi) is 9.94. The third-order valence-corrected chi connectivity index (χ3v) is 10.5. The summed E-state index contributed by atoms with van der Waals surface area (Å²) in [6.07, 6.45) is 5.29. The molecule has 8 bridgehead atoms. The van der Waals surface area contributed by atoms with E-state index in [0.29, 0.717) is 0 Å². The van der Waals surface area contributed by atoms with E-state index < -0.39 is 96.6 Å². The molecule has 58 heavy (non-hydrogen) atoms. The quantitative estimate of drug-likeness (QED) is 0.0599. The number of rotatable bonds is 2. The van der Waals surface area contributed by atoms with Crippen molar-refractivity contribution in [2.45, 2.75) is 39.3 Å². The highest BCUT2D eigenvalue weighted by Crippen LogP contribution is 2.40. The average Bonchev–Trinajstić information content (AvgIpc) is 4.00. The van der Waals surface area contributed by atoms with Crippen molar-refractivity contribution in [1.82, 2.24) is 19.9 Å². The van der Waals surface area contributed by atoms with Gasteiger partial charge in [-0.15, -0.1) is 11.1 Å². The lowest BCUT2D eigenvalue weighted by Crippen LogP contribution is -2.16. The normalized spacial score (nSPS) is 12.4. The lowest BCUT2D eigenvalue weighted by Gasteiger charge is -2.10. The number of nitrogens with zero attached hydrogens (tertiary/aromatic N) is 2. The van der Waals surface area contributed by atoms with Crippen LogP contribution in [0.25, 0.3) is 68.6 Å². The Morgan fingerprint density at radius 3 is 1.02 bits per heavy atom. The summed E-state index contributed by atoms with van der Waals surface area (Å²) in [4.78, 5) is 15.0. The summed E-state index contributed by atoms with van der Waals surface area (Å²) >= 11 is 0. The Morgan fingerprint density at radius 1 is 0.379 bits per heavy atom. The van der Waals surface area contributed by atoms with Gasteiger partial charge in [-0.25, -0.2) is 53.9 Å². The molecule has 4 nitrogen and oxygen atoms in total. The number of H-pyrrole nitrogens is 2. The molecule has 7 rings (SSSR count). The van der Waals surface area contributed by atoms with Gasteiger partial charge in [0.1, 0.15) is 16.1 Å². The van der Waals surface area contributed by atoms with Crippen molar-refractivity contribution in [3.63, 3.8) is 0 Å². The third-order valence-electron chi connectivity index (χ3n) is 8.80. The highest BCUT2D eigenvalue weighted by molar-refractivity contribution is 6.84. The lowest BCUT2D eigenvalue weighted by molar-refractivity contribution is 0.381. The van der Waals surface area contributed by atoms with Crippen molar-refractivity contribution < 1.29 is 43.9 Å². The maximum atomic E-state index is 15.7. The number of halogens is 10.